The number of H-pyrrole nitrogens is 1. The van der Waals surface area contributed by atoms with Crippen molar-refractivity contribution < 1.29 is 9.59 Å². The minimum atomic E-state index is -0.455. The van der Waals surface area contributed by atoms with Crippen LogP contribution in [0, 0.1) is 13.8 Å². The number of hydrogen-bond acceptors (Lipinski definition) is 6. The average Bonchev–Trinajstić information content (AvgIpc) is 3.19. The van der Waals surface area contributed by atoms with Crippen LogP contribution in [0.1, 0.15) is 30.5 Å². The van der Waals surface area contributed by atoms with Crippen molar-refractivity contribution in [2.75, 3.05) is 16.8 Å². The summed E-state index contributed by atoms with van der Waals surface area (Å²) in [4.78, 5) is 42.1. The summed E-state index contributed by atoms with van der Waals surface area (Å²) in [6.07, 6.45) is 0.831. The molecule has 0 saturated heterocycles. The molecule has 2 amide bonds. The Balaban J connectivity index is 1.57. The molecule has 1 unspecified atom stereocenters. The fraction of sp³-hybridized carbons (Fsp3) is 0.292. The Kier molecular flexibility index (Phi) is 6.33. The molecule has 0 fully saturated rings. The quantitative estimate of drug-likeness (QED) is 0.561. The number of nitrogens with zero attached hydrogens (tertiary/aromatic N) is 3. The highest BCUT2D eigenvalue weighted by Gasteiger charge is 2.29. The highest BCUT2D eigenvalue weighted by Crippen LogP contribution is 2.32. The van der Waals surface area contributed by atoms with Crippen LogP contribution in [0.5, 0.6) is 0 Å². The zero-order valence-corrected chi connectivity index (χ0v) is 19.7. The van der Waals surface area contributed by atoms with Gasteiger partial charge in [-0.05, 0) is 50.5 Å². The first-order valence-corrected chi connectivity index (χ1v) is 11.5. The SMILES string of the molecule is CC(=O)Nc1c(C)cc(C)cc1-c1nnc(SC(C)C(=O)N2CCc3ccccc32)[nH]c1=O. The van der Waals surface area contributed by atoms with E-state index in [-0.39, 0.29) is 22.7 Å². The van der Waals surface area contributed by atoms with Crippen LogP contribution >= 0.6 is 11.8 Å². The normalized spacial score (nSPS) is 13.5. The second kappa shape index (κ2) is 9.19. The molecule has 9 heteroatoms. The maximum atomic E-state index is 13.0. The van der Waals surface area contributed by atoms with Gasteiger partial charge in [0.15, 0.2) is 10.9 Å². The van der Waals surface area contributed by atoms with Gasteiger partial charge >= 0.3 is 0 Å². The van der Waals surface area contributed by atoms with Crippen LogP contribution in [-0.2, 0) is 16.0 Å². The van der Waals surface area contributed by atoms with E-state index in [1.807, 2.05) is 44.2 Å². The largest absolute Gasteiger partial charge is 0.325 e. The smallest absolute Gasteiger partial charge is 0.278 e. The van der Waals surface area contributed by atoms with Crippen LogP contribution in [0.4, 0.5) is 11.4 Å². The van der Waals surface area contributed by atoms with Crippen LogP contribution in [0.3, 0.4) is 0 Å². The number of nitrogens with one attached hydrogen (secondary N) is 2. The van der Waals surface area contributed by atoms with Gasteiger partial charge in [0.25, 0.3) is 5.56 Å². The molecule has 0 aliphatic carbocycles. The van der Waals surface area contributed by atoms with Crippen LogP contribution in [0.2, 0.25) is 0 Å². The van der Waals surface area contributed by atoms with Crippen molar-refractivity contribution in [3.8, 4) is 11.3 Å². The fourth-order valence-electron chi connectivity index (χ4n) is 4.05. The average molecular weight is 464 g/mol. The van der Waals surface area contributed by atoms with E-state index in [1.54, 1.807) is 17.9 Å². The Morgan fingerprint density at radius 2 is 1.94 bits per heavy atom. The summed E-state index contributed by atoms with van der Waals surface area (Å²) >= 11 is 1.16. The lowest BCUT2D eigenvalue weighted by Crippen LogP contribution is -2.35. The van der Waals surface area contributed by atoms with Crippen LogP contribution in [-0.4, -0.2) is 38.8 Å². The number of aromatic amines is 1. The Hall–Kier alpha value is -3.46. The topological polar surface area (TPSA) is 108 Å². The first-order chi connectivity index (χ1) is 15.7. The second-order valence-corrected chi connectivity index (χ2v) is 9.45. The number of aryl methyl sites for hydroxylation is 2. The summed E-state index contributed by atoms with van der Waals surface area (Å²) in [5.74, 6) is -0.283. The molecule has 3 aromatic rings. The van der Waals surface area contributed by atoms with E-state index in [1.165, 1.54) is 6.92 Å². The lowest BCUT2D eigenvalue weighted by atomic mass is 10.0. The van der Waals surface area contributed by atoms with E-state index in [0.29, 0.717) is 17.8 Å². The molecule has 0 radical (unpaired) electrons. The van der Waals surface area contributed by atoms with Gasteiger partial charge in [0.2, 0.25) is 11.8 Å². The zero-order chi connectivity index (χ0) is 23.7. The van der Waals surface area contributed by atoms with Gasteiger partial charge in [-0.3, -0.25) is 19.4 Å². The van der Waals surface area contributed by atoms with Crippen molar-refractivity contribution in [2.24, 2.45) is 0 Å². The van der Waals surface area contributed by atoms with Crippen molar-refractivity contribution in [3.63, 3.8) is 0 Å². The predicted molar refractivity (Wildman–Crippen MR) is 130 cm³/mol. The van der Waals surface area contributed by atoms with Crippen LogP contribution in [0.15, 0.2) is 46.3 Å². The highest BCUT2D eigenvalue weighted by atomic mass is 32.2. The van der Waals surface area contributed by atoms with Gasteiger partial charge in [-0.2, -0.15) is 0 Å². The van der Waals surface area contributed by atoms with Crippen molar-refractivity contribution in [1.29, 1.82) is 0 Å². The number of carbonyl (C=O) groups excluding carboxylic acids is 2. The second-order valence-electron chi connectivity index (χ2n) is 8.12. The highest BCUT2D eigenvalue weighted by molar-refractivity contribution is 8.00. The lowest BCUT2D eigenvalue weighted by molar-refractivity contribution is -0.117. The molecular weight excluding hydrogens is 438 g/mol. The van der Waals surface area contributed by atoms with Gasteiger partial charge in [-0.1, -0.05) is 41.6 Å². The standard InChI is InChI=1S/C24H25N5O3S/c1-13-11-14(2)20(25-16(4)30)18(12-13)21-22(31)26-24(28-27-21)33-15(3)23(32)29-10-9-17-7-5-6-8-19(17)29/h5-8,11-12,15H,9-10H2,1-4H3,(H,25,30)(H,26,28,31). The van der Waals surface area contributed by atoms with Crippen LogP contribution < -0.4 is 15.8 Å². The predicted octanol–water partition coefficient (Wildman–Crippen LogP) is 3.48. The number of benzene rings is 2. The molecule has 0 bridgehead atoms. The van der Waals surface area contributed by atoms with Crippen molar-refractivity contribution in [2.45, 2.75) is 44.5 Å². The van der Waals surface area contributed by atoms with Gasteiger partial charge in [0.1, 0.15) is 0 Å². The summed E-state index contributed by atoms with van der Waals surface area (Å²) in [7, 11) is 0. The first kappa shape index (κ1) is 22.7. The fourth-order valence-corrected chi connectivity index (χ4v) is 4.85. The number of amides is 2. The van der Waals surface area contributed by atoms with E-state index in [0.717, 1.165) is 40.6 Å². The molecule has 1 aliphatic rings. The molecule has 1 aliphatic heterocycles. The maximum absolute atomic E-state index is 13.0. The number of rotatable bonds is 5. The third-order valence-corrected chi connectivity index (χ3v) is 6.46. The Morgan fingerprint density at radius 3 is 2.67 bits per heavy atom. The van der Waals surface area contributed by atoms with Crippen LogP contribution in [0.25, 0.3) is 11.3 Å². The molecule has 33 heavy (non-hydrogen) atoms. The number of hydrogen-bond donors (Lipinski definition) is 2. The number of carbonyl (C=O) groups is 2. The molecule has 170 valence electrons. The van der Waals surface area contributed by atoms with Crippen molar-refractivity contribution >= 4 is 35.0 Å². The number of fused-ring (bicyclic) bond motifs is 1. The molecule has 1 aromatic heterocycles. The van der Waals surface area contributed by atoms with E-state index in [2.05, 4.69) is 20.5 Å². The zero-order valence-electron chi connectivity index (χ0n) is 18.9. The summed E-state index contributed by atoms with van der Waals surface area (Å²) in [6, 6.07) is 11.6. The molecule has 1 atom stereocenters. The number of anilines is 2. The van der Waals surface area contributed by atoms with Crippen molar-refractivity contribution in [1.82, 2.24) is 15.2 Å². The summed E-state index contributed by atoms with van der Waals surface area (Å²) in [5.41, 5.74) is 4.56. The third-order valence-electron chi connectivity index (χ3n) is 5.50. The molecule has 2 aromatic carbocycles. The Bertz CT molecular complexity index is 1300. The molecule has 0 saturated carbocycles. The summed E-state index contributed by atoms with van der Waals surface area (Å²) < 4.78 is 0. The molecule has 8 nitrogen and oxygen atoms in total. The lowest BCUT2D eigenvalue weighted by Gasteiger charge is -2.21. The van der Waals surface area contributed by atoms with Gasteiger partial charge in [-0.15, -0.1) is 10.2 Å². The molecule has 0 spiro atoms. The summed E-state index contributed by atoms with van der Waals surface area (Å²) in [5, 5.41) is 10.9. The van der Waals surface area contributed by atoms with E-state index in [9.17, 15) is 14.4 Å². The molecule has 2 N–H and O–H groups in total. The van der Waals surface area contributed by atoms with E-state index in [4.69, 9.17) is 0 Å². The Morgan fingerprint density at radius 1 is 1.18 bits per heavy atom. The number of thioether (sulfide) groups is 1. The Labute approximate surface area is 195 Å². The maximum Gasteiger partial charge on any atom is 0.278 e. The molecule has 4 rings (SSSR count). The van der Waals surface area contributed by atoms with Gasteiger partial charge in [0, 0.05) is 24.7 Å². The molecule has 2 heterocycles. The number of para-hydroxylation sites is 1. The summed E-state index contributed by atoms with van der Waals surface area (Å²) in [6.45, 7) is 7.61. The van der Waals surface area contributed by atoms with Gasteiger partial charge < -0.3 is 10.2 Å². The number of aromatic nitrogens is 3. The monoisotopic (exact) mass is 463 g/mol. The van der Waals surface area contributed by atoms with E-state index < -0.39 is 10.8 Å². The van der Waals surface area contributed by atoms with Crippen molar-refractivity contribution in [3.05, 3.63) is 63.4 Å². The third kappa shape index (κ3) is 4.68. The van der Waals surface area contributed by atoms with Gasteiger partial charge in [0.05, 0.1) is 10.9 Å². The van der Waals surface area contributed by atoms with Gasteiger partial charge in [-0.25, -0.2) is 0 Å². The first-order valence-electron chi connectivity index (χ1n) is 10.7. The molecular formula is C24H25N5O3S. The minimum Gasteiger partial charge on any atom is -0.325 e. The minimum absolute atomic E-state index is 0.0427. The van der Waals surface area contributed by atoms with E-state index >= 15 is 0 Å².